The van der Waals surface area contributed by atoms with E-state index in [4.69, 9.17) is 9.47 Å². The van der Waals surface area contributed by atoms with Crippen LogP contribution in [-0.4, -0.2) is 30.5 Å². The maximum absolute atomic E-state index is 12.9. The molecule has 152 valence electrons. The standard InChI is InChI=1S/C23H21N3O4/c1-29-20-12-11-16(15-19(20)26-14-6-10-21(26)27)25-22(28)18-9-5-13-24-23(18)30-17-7-3-2-4-8-17/h2-5,7-9,11-13,15H,6,10,14H2,1H3,(H,25,28). The number of aromatic nitrogens is 1. The number of hydrogen-bond donors (Lipinski definition) is 1. The number of anilines is 2. The summed E-state index contributed by atoms with van der Waals surface area (Å²) >= 11 is 0. The summed E-state index contributed by atoms with van der Waals surface area (Å²) in [7, 11) is 1.56. The molecule has 0 radical (unpaired) electrons. The van der Waals surface area contributed by atoms with Gasteiger partial charge in [-0.15, -0.1) is 0 Å². The van der Waals surface area contributed by atoms with Gasteiger partial charge in [0.2, 0.25) is 11.8 Å². The van der Waals surface area contributed by atoms with Crippen LogP contribution in [0.4, 0.5) is 11.4 Å². The van der Waals surface area contributed by atoms with Crippen molar-refractivity contribution in [2.75, 3.05) is 23.9 Å². The second-order valence-corrected chi connectivity index (χ2v) is 6.76. The quantitative estimate of drug-likeness (QED) is 0.665. The zero-order valence-corrected chi connectivity index (χ0v) is 16.5. The first-order valence-electron chi connectivity index (χ1n) is 9.63. The van der Waals surface area contributed by atoms with Crippen molar-refractivity contribution in [3.8, 4) is 17.4 Å². The van der Waals surface area contributed by atoms with Gasteiger partial charge < -0.3 is 19.7 Å². The average molecular weight is 403 g/mol. The van der Waals surface area contributed by atoms with Crippen LogP contribution in [0, 0.1) is 0 Å². The molecule has 7 heteroatoms. The van der Waals surface area contributed by atoms with E-state index in [1.165, 1.54) is 0 Å². The first kappa shape index (κ1) is 19.4. The Bertz CT molecular complexity index is 1070. The molecule has 1 saturated heterocycles. The van der Waals surface area contributed by atoms with Crippen molar-refractivity contribution in [1.82, 2.24) is 4.98 Å². The summed E-state index contributed by atoms with van der Waals surface area (Å²) in [5, 5.41) is 2.86. The van der Waals surface area contributed by atoms with Crippen LogP contribution >= 0.6 is 0 Å². The first-order chi connectivity index (χ1) is 14.7. The molecule has 0 spiro atoms. The van der Waals surface area contributed by atoms with E-state index < -0.39 is 0 Å². The highest BCUT2D eigenvalue weighted by molar-refractivity contribution is 6.06. The van der Waals surface area contributed by atoms with Crippen LogP contribution in [0.3, 0.4) is 0 Å². The lowest BCUT2D eigenvalue weighted by molar-refractivity contribution is -0.117. The Morgan fingerprint density at radius 1 is 1.10 bits per heavy atom. The highest BCUT2D eigenvalue weighted by atomic mass is 16.5. The Labute approximate surface area is 174 Å². The molecule has 2 heterocycles. The summed E-state index contributed by atoms with van der Waals surface area (Å²) < 4.78 is 11.2. The van der Waals surface area contributed by atoms with Crippen molar-refractivity contribution in [3.05, 3.63) is 72.4 Å². The SMILES string of the molecule is COc1ccc(NC(=O)c2cccnc2Oc2ccccc2)cc1N1CCCC1=O. The van der Waals surface area contributed by atoms with Gasteiger partial charge in [-0.3, -0.25) is 9.59 Å². The van der Waals surface area contributed by atoms with E-state index in [9.17, 15) is 9.59 Å². The number of nitrogens with one attached hydrogen (secondary N) is 1. The second kappa shape index (κ2) is 8.65. The molecule has 0 aliphatic carbocycles. The number of carbonyl (C=O) groups is 2. The van der Waals surface area contributed by atoms with Crippen LogP contribution in [0.15, 0.2) is 66.9 Å². The highest BCUT2D eigenvalue weighted by Crippen LogP contribution is 2.34. The smallest absolute Gasteiger partial charge is 0.261 e. The number of para-hydroxylation sites is 1. The molecule has 2 aromatic carbocycles. The van der Waals surface area contributed by atoms with Crippen LogP contribution in [-0.2, 0) is 4.79 Å². The molecule has 1 aliphatic rings. The van der Waals surface area contributed by atoms with Crippen molar-refractivity contribution in [3.63, 3.8) is 0 Å². The van der Waals surface area contributed by atoms with E-state index in [2.05, 4.69) is 10.3 Å². The van der Waals surface area contributed by atoms with Gasteiger partial charge in [0.1, 0.15) is 17.1 Å². The Balaban J connectivity index is 1.58. The third kappa shape index (κ3) is 4.10. The van der Waals surface area contributed by atoms with Crippen molar-refractivity contribution < 1.29 is 19.1 Å². The summed E-state index contributed by atoms with van der Waals surface area (Å²) in [6.07, 6.45) is 2.88. The number of rotatable bonds is 6. The molecule has 30 heavy (non-hydrogen) atoms. The van der Waals surface area contributed by atoms with Crippen molar-refractivity contribution in [2.24, 2.45) is 0 Å². The van der Waals surface area contributed by atoms with Crippen LogP contribution in [0.2, 0.25) is 0 Å². The number of amides is 2. The predicted molar refractivity (Wildman–Crippen MR) is 113 cm³/mol. The van der Waals surface area contributed by atoms with Gasteiger partial charge in [-0.25, -0.2) is 4.98 Å². The minimum Gasteiger partial charge on any atom is -0.495 e. The summed E-state index contributed by atoms with van der Waals surface area (Å²) in [6.45, 7) is 0.629. The molecule has 1 aromatic heterocycles. The van der Waals surface area contributed by atoms with Crippen LogP contribution in [0.25, 0.3) is 0 Å². The lowest BCUT2D eigenvalue weighted by Crippen LogP contribution is -2.24. The van der Waals surface area contributed by atoms with E-state index in [0.717, 1.165) is 6.42 Å². The Hall–Kier alpha value is -3.87. The third-order valence-corrected chi connectivity index (χ3v) is 4.77. The molecule has 0 bridgehead atoms. The number of pyridine rings is 1. The van der Waals surface area contributed by atoms with Gasteiger partial charge >= 0.3 is 0 Å². The largest absolute Gasteiger partial charge is 0.495 e. The summed E-state index contributed by atoms with van der Waals surface area (Å²) in [5.41, 5.74) is 1.49. The van der Waals surface area contributed by atoms with Crippen LogP contribution in [0.1, 0.15) is 23.2 Å². The van der Waals surface area contributed by atoms with Gasteiger partial charge in [-0.2, -0.15) is 0 Å². The Morgan fingerprint density at radius 3 is 2.67 bits per heavy atom. The van der Waals surface area contributed by atoms with Crippen LogP contribution in [0.5, 0.6) is 17.4 Å². The number of carbonyl (C=O) groups excluding carboxylic acids is 2. The molecular formula is C23H21N3O4. The van der Waals surface area contributed by atoms with E-state index in [1.807, 2.05) is 18.2 Å². The van der Waals surface area contributed by atoms with Gasteiger partial charge in [0.15, 0.2) is 0 Å². The van der Waals surface area contributed by atoms with Crippen molar-refractivity contribution >= 4 is 23.2 Å². The van der Waals surface area contributed by atoms with E-state index >= 15 is 0 Å². The summed E-state index contributed by atoms with van der Waals surface area (Å²) in [5.74, 6) is 1.06. The van der Waals surface area contributed by atoms with Crippen LogP contribution < -0.4 is 19.7 Å². The van der Waals surface area contributed by atoms with Crippen molar-refractivity contribution in [2.45, 2.75) is 12.8 Å². The summed E-state index contributed by atoms with van der Waals surface area (Å²) in [4.78, 5) is 31.0. The molecule has 0 saturated carbocycles. The van der Waals surface area contributed by atoms with Gasteiger partial charge in [0.05, 0.1) is 12.8 Å². The first-order valence-corrected chi connectivity index (χ1v) is 9.63. The van der Waals surface area contributed by atoms with E-state index in [1.54, 1.807) is 60.7 Å². The molecule has 3 aromatic rings. The van der Waals surface area contributed by atoms with Gasteiger partial charge in [0.25, 0.3) is 5.91 Å². The fourth-order valence-electron chi connectivity index (χ4n) is 3.33. The van der Waals surface area contributed by atoms with Crippen molar-refractivity contribution in [1.29, 1.82) is 0 Å². The molecule has 0 atom stereocenters. The van der Waals surface area contributed by atoms with Gasteiger partial charge in [-0.05, 0) is 48.9 Å². The Morgan fingerprint density at radius 2 is 1.93 bits per heavy atom. The van der Waals surface area contributed by atoms with E-state index in [-0.39, 0.29) is 17.7 Å². The lowest BCUT2D eigenvalue weighted by atomic mass is 10.2. The number of ether oxygens (including phenoxy) is 2. The molecule has 0 unspecified atom stereocenters. The molecule has 4 rings (SSSR count). The third-order valence-electron chi connectivity index (χ3n) is 4.77. The molecule has 1 N–H and O–H groups in total. The number of methoxy groups -OCH3 is 1. The van der Waals surface area contributed by atoms with Gasteiger partial charge in [0, 0.05) is 24.8 Å². The van der Waals surface area contributed by atoms with E-state index in [0.29, 0.717) is 41.4 Å². The zero-order valence-electron chi connectivity index (χ0n) is 16.5. The monoisotopic (exact) mass is 403 g/mol. The molecule has 2 amide bonds. The molecule has 1 aliphatic heterocycles. The van der Waals surface area contributed by atoms with Gasteiger partial charge in [-0.1, -0.05) is 18.2 Å². The Kier molecular flexibility index (Phi) is 5.61. The predicted octanol–water partition coefficient (Wildman–Crippen LogP) is 4.26. The number of nitrogens with zero attached hydrogens (tertiary/aromatic N) is 2. The fourth-order valence-corrected chi connectivity index (χ4v) is 3.33. The maximum atomic E-state index is 12.9. The molecule has 1 fully saturated rings. The maximum Gasteiger partial charge on any atom is 0.261 e. The molecule has 7 nitrogen and oxygen atoms in total. The minimum absolute atomic E-state index is 0.0441. The number of benzene rings is 2. The second-order valence-electron chi connectivity index (χ2n) is 6.76. The highest BCUT2D eigenvalue weighted by Gasteiger charge is 2.25. The fraction of sp³-hybridized carbons (Fsp3) is 0.174. The minimum atomic E-state index is -0.363. The normalized spacial score (nSPS) is 13.2. The number of hydrogen-bond acceptors (Lipinski definition) is 5. The zero-order chi connectivity index (χ0) is 20.9. The molecular weight excluding hydrogens is 382 g/mol. The average Bonchev–Trinajstić information content (AvgIpc) is 3.20. The lowest BCUT2D eigenvalue weighted by Gasteiger charge is -2.20. The topological polar surface area (TPSA) is 80.8 Å². The summed E-state index contributed by atoms with van der Waals surface area (Å²) in [6, 6.07) is 17.7.